The minimum Gasteiger partial charge on any atom is -0.497 e. The number of amides is 2. The Kier molecular flexibility index (Phi) is 6.69. The van der Waals surface area contributed by atoms with Gasteiger partial charge in [-0.05, 0) is 54.8 Å². The quantitative estimate of drug-likeness (QED) is 0.805. The van der Waals surface area contributed by atoms with Crippen LogP contribution in [0.5, 0.6) is 5.75 Å². The molecule has 0 heterocycles. The second kappa shape index (κ2) is 8.98. The molecule has 0 saturated heterocycles. The van der Waals surface area contributed by atoms with Crippen LogP contribution in [0.4, 0.5) is 11.4 Å². The van der Waals surface area contributed by atoms with E-state index < -0.39 is 0 Å². The normalized spacial score (nSPS) is 10.1. The molecule has 2 aromatic carbocycles. The maximum absolute atomic E-state index is 12.2. The minimum atomic E-state index is -0.208. The number of rotatable bonds is 7. The van der Waals surface area contributed by atoms with Gasteiger partial charge in [0.25, 0.3) is 5.91 Å². The van der Waals surface area contributed by atoms with E-state index in [-0.39, 0.29) is 11.8 Å². The van der Waals surface area contributed by atoms with Gasteiger partial charge in [0.15, 0.2) is 0 Å². The van der Waals surface area contributed by atoms with Crippen LogP contribution in [-0.4, -0.2) is 30.9 Å². The maximum atomic E-state index is 12.2. The fourth-order valence-electron chi connectivity index (χ4n) is 2.00. The zero-order valence-electron chi connectivity index (χ0n) is 13.7. The number of hydrogen-bond donors (Lipinski definition) is 2. The second-order valence-electron chi connectivity index (χ2n) is 5.05. The number of benzene rings is 2. The van der Waals surface area contributed by atoms with Crippen LogP contribution in [0.3, 0.4) is 0 Å². The van der Waals surface area contributed by atoms with Crippen molar-refractivity contribution in [2.75, 3.05) is 29.8 Å². The lowest BCUT2D eigenvalue weighted by Gasteiger charge is -2.08. The second-order valence-corrected chi connectivity index (χ2v) is 6.04. The highest BCUT2D eigenvalue weighted by molar-refractivity contribution is 7.98. The van der Waals surface area contributed by atoms with Gasteiger partial charge < -0.3 is 15.4 Å². The summed E-state index contributed by atoms with van der Waals surface area (Å²) in [7, 11) is 1.59. The molecular formula is C18H20N2O3S. The van der Waals surface area contributed by atoms with Gasteiger partial charge in [-0.25, -0.2) is 0 Å². The molecule has 0 aliphatic rings. The average molecular weight is 344 g/mol. The van der Waals surface area contributed by atoms with Crippen LogP contribution >= 0.6 is 11.8 Å². The standard InChI is InChI=1S/C18H20N2O3S/c1-23-16-9-7-15(8-10-16)20-18(22)13-3-5-14(6-4-13)19-17(21)11-12-24-2/h3-10H,11-12H2,1-2H3,(H,19,21)(H,20,22). The molecule has 0 bridgehead atoms. The van der Waals surface area contributed by atoms with Gasteiger partial charge in [0.2, 0.25) is 5.91 Å². The van der Waals surface area contributed by atoms with Gasteiger partial charge in [-0.2, -0.15) is 11.8 Å². The fourth-order valence-corrected chi connectivity index (χ4v) is 2.39. The summed E-state index contributed by atoms with van der Waals surface area (Å²) in [5, 5.41) is 5.62. The molecule has 2 N–H and O–H groups in total. The summed E-state index contributed by atoms with van der Waals surface area (Å²) in [5.41, 5.74) is 1.89. The van der Waals surface area contributed by atoms with Gasteiger partial charge in [-0.1, -0.05) is 0 Å². The Labute approximate surface area is 145 Å². The number of hydrogen-bond acceptors (Lipinski definition) is 4. The molecule has 0 radical (unpaired) electrons. The van der Waals surface area contributed by atoms with Gasteiger partial charge in [0.1, 0.15) is 5.75 Å². The molecule has 2 rings (SSSR count). The Morgan fingerprint density at radius 3 is 2.12 bits per heavy atom. The third-order valence-corrected chi connectivity index (χ3v) is 3.92. The zero-order valence-corrected chi connectivity index (χ0v) is 14.5. The summed E-state index contributed by atoms with van der Waals surface area (Å²) in [4.78, 5) is 23.9. The molecular weight excluding hydrogens is 324 g/mol. The number of anilines is 2. The van der Waals surface area contributed by atoms with E-state index in [1.165, 1.54) is 0 Å². The lowest BCUT2D eigenvalue weighted by molar-refractivity contribution is -0.115. The highest BCUT2D eigenvalue weighted by Crippen LogP contribution is 2.17. The summed E-state index contributed by atoms with van der Waals surface area (Å²) >= 11 is 1.63. The molecule has 0 aliphatic carbocycles. The van der Waals surface area contributed by atoms with Crippen molar-refractivity contribution in [2.24, 2.45) is 0 Å². The van der Waals surface area contributed by atoms with Gasteiger partial charge in [0.05, 0.1) is 7.11 Å². The van der Waals surface area contributed by atoms with Crippen molar-refractivity contribution in [1.29, 1.82) is 0 Å². The monoisotopic (exact) mass is 344 g/mol. The summed E-state index contributed by atoms with van der Waals surface area (Å²) in [6, 6.07) is 13.9. The van der Waals surface area contributed by atoms with Crippen LogP contribution in [0.1, 0.15) is 16.8 Å². The van der Waals surface area contributed by atoms with Gasteiger partial charge in [-0.3, -0.25) is 9.59 Å². The van der Waals surface area contributed by atoms with Crippen LogP contribution in [0.25, 0.3) is 0 Å². The minimum absolute atomic E-state index is 0.0280. The molecule has 0 aliphatic heterocycles. The molecule has 24 heavy (non-hydrogen) atoms. The Bertz CT molecular complexity index is 684. The van der Waals surface area contributed by atoms with E-state index in [2.05, 4.69) is 10.6 Å². The molecule has 2 aromatic rings. The first-order valence-electron chi connectivity index (χ1n) is 7.46. The number of carbonyl (C=O) groups is 2. The van der Waals surface area contributed by atoms with Crippen molar-refractivity contribution in [3.63, 3.8) is 0 Å². The molecule has 6 heteroatoms. The highest BCUT2D eigenvalue weighted by atomic mass is 32.2. The molecule has 0 aromatic heterocycles. The third-order valence-electron chi connectivity index (χ3n) is 3.31. The van der Waals surface area contributed by atoms with Crippen LogP contribution in [-0.2, 0) is 4.79 Å². The van der Waals surface area contributed by atoms with Gasteiger partial charge in [-0.15, -0.1) is 0 Å². The predicted octanol–water partition coefficient (Wildman–Crippen LogP) is 3.64. The molecule has 5 nitrogen and oxygen atoms in total. The number of nitrogens with one attached hydrogen (secondary N) is 2. The van der Waals surface area contributed by atoms with E-state index in [1.807, 2.05) is 6.26 Å². The van der Waals surface area contributed by atoms with Crippen LogP contribution in [0, 0.1) is 0 Å². The van der Waals surface area contributed by atoms with Crippen molar-refractivity contribution in [3.05, 3.63) is 54.1 Å². The van der Waals surface area contributed by atoms with Crippen LogP contribution in [0.15, 0.2) is 48.5 Å². The first kappa shape index (κ1) is 17.9. The van der Waals surface area contributed by atoms with E-state index in [4.69, 9.17) is 4.74 Å². The molecule has 0 saturated carbocycles. The molecule has 0 spiro atoms. The van der Waals surface area contributed by atoms with Crippen molar-refractivity contribution >= 4 is 35.0 Å². The molecule has 2 amide bonds. The Morgan fingerprint density at radius 1 is 0.958 bits per heavy atom. The number of methoxy groups -OCH3 is 1. The van der Waals surface area contributed by atoms with E-state index in [9.17, 15) is 9.59 Å². The van der Waals surface area contributed by atoms with Gasteiger partial charge >= 0.3 is 0 Å². The lowest BCUT2D eigenvalue weighted by atomic mass is 10.2. The van der Waals surface area contributed by atoms with E-state index in [1.54, 1.807) is 67.4 Å². The predicted molar refractivity (Wildman–Crippen MR) is 99.0 cm³/mol. The molecule has 126 valence electrons. The van der Waals surface area contributed by atoms with Crippen LogP contribution in [0.2, 0.25) is 0 Å². The van der Waals surface area contributed by atoms with Crippen LogP contribution < -0.4 is 15.4 Å². The maximum Gasteiger partial charge on any atom is 0.255 e. The SMILES string of the molecule is COc1ccc(NC(=O)c2ccc(NC(=O)CCSC)cc2)cc1. The summed E-state index contributed by atoms with van der Waals surface area (Å²) < 4.78 is 5.08. The Morgan fingerprint density at radius 2 is 1.54 bits per heavy atom. The lowest BCUT2D eigenvalue weighted by Crippen LogP contribution is -2.13. The summed E-state index contributed by atoms with van der Waals surface area (Å²) in [6.45, 7) is 0. The third kappa shape index (κ3) is 5.31. The topological polar surface area (TPSA) is 67.4 Å². The fraction of sp³-hybridized carbons (Fsp3) is 0.222. The smallest absolute Gasteiger partial charge is 0.255 e. The van der Waals surface area contributed by atoms with Crippen molar-refractivity contribution in [2.45, 2.75) is 6.42 Å². The Balaban J connectivity index is 1.93. The first-order valence-corrected chi connectivity index (χ1v) is 8.86. The van der Waals surface area contributed by atoms with Crippen molar-refractivity contribution in [3.8, 4) is 5.75 Å². The molecule has 0 atom stereocenters. The largest absolute Gasteiger partial charge is 0.497 e. The van der Waals surface area contributed by atoms with E-state index >= 15 is 0 Å². The zero-order chi connectivity index (χ0) is 17.4. The average Bonchev–Trinajstić information content (AvgIpc) is 2.61. The summed E-state index contributed by atoms with van der Waals surface area (Å²) in [5.74, 6) is 1.28. The molecule has 0 unspecified atom stereocenters. The van der Waals surface area contributed by atoms with Gasteiger partial charge in [0, 0.05) is 29.1 Å². The Hall–Kier alpha value is -2.47. The number of ether oxygens (including phenoxy) is 1. The molecule has 0 fully saturated rings. The first-order chi connectivity index (χ1) is 11.6. The highest BCUT2D eigenvalue weighted by Gasteiger charge is 2.07. The van der Waals surface area contributed by atoms with Crippen molar-refractivity contribution in [1.82, 2.24) is 0 Å². The number of thioether (sulfide) groups is 1. The van der Waals surface area contributed by atoms with E-state index in [0.29, 0.717) is 23.4 Å². The van der Waals surface area contributed by atoms with Crippen molar-refractivity contribution < 1.29 is 14.3 Å². The summed E-state index contributed by atoms with van der Waals surface area (Å²) in [6.07, 6.45) is 2.43. The number of carbonyl (C=O) groups excluding carboxylic acids is 2. The van der Waals surface area contributed by atoms with E-state index in [0.717, 1.165) is 11.5 Å².